The van der Waals surface area contributed by atoms with Crippen molar-refractivity contribution in [2.75, 3.05) is 6.61 Å². The average molecular weight is 284 g/mol. The largest absolute Gasteiger partial charge is 0.394 e. The standard InChI is InChI=1S/C10H12N4O4S/c15-2-5-6(16)7(17)9(18-5)14-1-4-8(12-3-11-4)13-10(14)19/h1,3,5-7,9,15-17H,2H2,(H,11,12,13,19)/t5-,6?,7?,9-/m1/s1. The molecule has 2 aromatic rings. The Labute approximate surface area is 112 Å². The number of nitrogens with one attached hydrogen (secondary N) is 1. The SMILES string of the molecule is OC[C@H]1O[C@@H](n2cc3[nH]cnc3nc2=S)C(O)C1O. The molecule has 0 aromatic carbocycles. The van der Waals surface area contributed by atoms with Gasteiger partial charge in [0.25, 0.3) is 0 Å². The highest BCUT2D eigenvalue weighted by Gasteiger charge is 2.43. The molecule has 0 aliphatic carbocycles. The first-order valence-electron chi connectivity index (χ1n) is 5.66. The molecule has 4 N–H and O–H groups in total. The third-order valence-corrected chi connectivity index (χ3v) is 3.43. The van der Waals surface area contributed by atoms with E-state index in [0.29, 0.717) is 11.2 Å². The highest BCUT2D eigenvalue weighted by atomic mass is 32.1. The Morgan fingerprint density at radius 1 is 1.42 bits per heavy atom. The zero-order valence-corrected chi connectivity index (χ0v) is 10.5. The van der Waals surface area contributed by atoms with Crippen LogP contribution in [0.5, 0.6) is 0 Å². The quantitative estimate of drug-likeness (QED) is 0.528. The molecule has 1 fully saturated rings. The van der Waals surface area contributed by atoms with Gasteiger partial charge in [-0.3, -0.25) is 4.57 Å². The van der Waals surface area contributed by atoms with Crippen LogP contribution in [0.15, 0.2) is 12.5 Å². The number of rotatable bonds is 2. The smallest absolute Gasteiger partial charge is 0.203 e. The molecule has 3 heterocycles. The van der Waals surface area contributed by atoms with Crippen LogP contribution in [0.4, 0.5) is 0 Å². The van der Waals surface area contributed by atoms with E-state index in [1.54, 1.807) is 6.20 Å². The maximum Gasteiger partial charge on any atom is 0.203 e. The van der Waals surface area contributed by atoms with Gasteiger partial charge in [-0.25, -0.2) is 4.98 Å². The summed E-state index contributed by atoms with van der Waals surface area (Å²) in [5.74, 6) is 0. The van der Waals surface area contributed by atoms with Crippen molar-refractivity contribution >= 4 is 23.4 Å². The van der Waals surface area contributed by atoms with Crippen LogP contribution in [0, 0.1) is 4.77 Å². The molecule has 0 saturated carbocycles. The van der Waals surface area contributed by atoms with E-state index >= 15 is 0 Å². The molecule has 0 bridgehead atoms. The third kappa shape index (κ3) is 1.95. The Morgan fingerprint density at radius 3 is 2.89 bits per heavy atom. The van der Waals surface area contributed by atoms with Gasteiger partial charge in [-0.15, -0.1) is 0 Å². The van der Waals surface area contributed by atoms with Gasteiger partial charge in [0.1, 0.15) is 23.8 Å². The fraction of sp³-hybridized carbons (Fsp3) is 0.500. The average Bonchev–Trinajstić information content (AvgIpc) is 2.95. The van der Waals surface area contributed by atoms with E-state index in [0.717, 1.165) is 0 Å². The molecule has 0 radical (unpaired) electrons. The lowest BCUT2D eigenvalue weighted by Crippen LogP contribution is -2.33. The number of nitrogens with zero attached hydrogens (tertiary/aromatic N) is 3. The number of aliphatic hydroxyl groups excluding tert-OH is 3. The van der Waals surface area contributed by atoms with Crippen molar-refractivity contribution in [3.8, 4) is 0 Å². The summed E-state index contributed by atoms with van der Waals surface area (Å²) in [5.41, 5.74) is 1.10. The van der Waals surface area contributed by atoms with Gasteiger partial charge < -0.3 is 25.0 Å². The van der Waals surface area contributed by atoms with Crippen LogP contribution in [-0.2, 0) is 4.74 Å². The lowest BCUT2D eigenvalue weighted by atomic mass is 10.1. The summed E-state index contributed by atoms with van der Waals surface area (Å²) < 4.78 is 7.00. The van der Waals surface area contributed by atoms with Crippen molar-refractivity contribution in [2.45, 2.75) is 24.5 Å². The molecule has 1 aliphatic rings. The molecule has 8 nitrogen and oxygen atoms in total. The Morgan fingerprint density at radius 2 is 2.21 bits per heavy atom. The van der Waals surface area contributed by atoms with Crippen molar-refractivity contribution in [3.63, 3.8) is 0 Å². The van der Waals surface area contributed by atoms with Gasteiger partial charge in [-0.2, -0.15) is 4.98 Å². The minimum Gasteiger partial charge on any atom is -0.394 e. The van der Waals surface area contributed by atoms with Crippen LogP contribution in [-0.4, -0.2) is 59.8 Å². The highest BCUT2D eigenvalue weighted by molar-refractivity contribution is 7.71. The Bertz CT molecular complexity index is 656. The van der Waals surface area contributed by atoms with Gasteiger partial charge in [0.15, 0.2) is 11.9 Å². The molecule has 2 unspecified atom stereocenters. The molecule has 3 rings (SSSR count). The number of aliphatic hydroxyl groups is 3. The first-order valence-corrected chi connectivity index (χ1v) is 6.07. The molecule has 102 valence electrons. The maximum absolute atomic E-state index is 9.95. The van der Waals surface area contributed by atoms with Gasteiger partial charge in [0.05, 0.1) is 12.9 Å². The number of ether oxygens (including phenoxy) is 1. The summed E-state index contributed by atoms with van der Waals surface area (Å²) in [6.45, 7) is -0.387. The van der Waals surface area contributed by atoms with Gasteiger partial charge in [-0.05, 0) is 12.2 Å². The lowest BCUT2D eigenvalue weighted by Gasteiger charge is -2.17. The topological polar surface area (TPSA) is 116 Å². The fourth-order valence-corrected chi connectivity index (χ4v) is 2.36. The summed E-state index contributed by atoms with van der Waals surface area (Å²) in [5, 5.41) is 28.7. The second kappa shape index (κ2) is 4.62. The third-order valence-electron chi connectivity index (χ3n) is 3.13. The van der Waals surface area contributed by atoms with E-state index < -0.39 is 24.5 Å². The van der Waals surface area contributed by atoms with E-state index in [9.17, 15) is 10.2 Å². The van der Waals surface area contributed by atoms with Crippen molar-refractivity contribution in [1.29, 1.82) is 0 Å². The molecule has 2 aromatic heterocycles. The Balaban J connectivity index is 2.04. The zero-order chi connectivity index (χ0) is 13.6. The van der Waals surface area contributed by atoms with E-state index in [4.69, 9.17) is 22.1 Å². The van der Waals surface area contributed by atoms with E-state index in [1.165, 1.54) is 10.9 Å². The van der Waals surface area contributed by atoms with Crippen molar-refractivity contribution < 1.29 is 20.1 Å². The van der Waals surface area contributed by atoms with Crippen LogP contribution in [0.25, 0.3) is 11.2 Å². The first-order chi connectivity index (χ1) is 9.11. The molecule has 9 heteroatoms. The molecular weight excluding hydrogens is 272 g/mol. The van der Waals surface area contributed by atoms with Crippen molar-refractivity contribution in [1.82, 2.24) is 19.5 Å². The number of H-pyrrole nitrogens is 1. The molecular formula is C10H12N4O4S. The van der Waals surface area contributed by atoms with E-state index in [-0.39, 0.29) is 11.4 Å². The van der Waals surface area contributed by atoms with Gasteiger partial charge >= 0.3 is 0 Å². The van der Waals surface area contributed by atoms with Crippen LogP contribution >= 0.6 is 12.2 Å². The molecule has 1 aliphatic heterocycles. The first kappa shape index (κ1) is 12.6. The minimum absolute atomic E-state index is 0.175. The molecule has 4 atom stereocenters. The van der Waals surface area contributed by atoms with Crippen molar-refractivity contribution in [3.05, 3.63) is 17.3 Å². The molecule has 0 spiro atoms. The number of aromatic amines is 1. The maximum atomic E-state index is 9.95. The van der Waals surface area contributed by atoms with Gasteiger partial charge in [0.2, 0.25) is 4.77 Å². The van der Waals surface area contributed by atoms with Crippen LogP contribution in [0.3, 0.4) is 0 Å². The number of aromatic nitrogens is 4. The Kier molecular flexibility index (Phi) is 3.07. The number of imidazole rings is 1. The van der Waals surface area contributed by atoms with Gasteiger partial charge in [-0.1, -0.05) is 0 Å². The van der Waals surface area contributed by atoms with Crippen LogP contribution in [0.2, 0.25) is 0 Å². The van der Waals surface area contributed by atoms with Crippen molar-refractivity contribution in [2.24, 2.45) is 0 Å². The fourth-order valence-electron chi connectivity index (χ4n) is 2.12. The number of hydrogen-bond donors (Lipinski definition) is 4. The summed E-state index contributed by atoms with van der Waals surface area (Å²) in [4.78, 5) is 10.9. The minimum atomic E-state index is -1.19. The monoisotopic (exact) mass is 284 g/mol. The van der Waals surface area contributed by atoms with E-state index in [1.807, 2.05) is 0 Å². The highest BCUT2D eigenvalue weighted by Crippen LogP contribution is 2.29. The molecule has 0 amide bonds. The summed E-state index contributed by atoms with van der Waals surface area (Å²) >= 11 is 5.11. The number of fused-ring (bicyclic) bond motifs is 1. The number of hydrogen-bond acceptors (Lipinski definition) is 7. The normalized spacial score (nSPS) is 31.1. The lowest BCUT2D eigenvalue weighted by molar-refractivity contribution is -0.0538. The second-order valence-electron chi connectivity index (χ2n) is 4.30. The summed E-state index contributed by atoms with van der Waals surface area (Å²) in [7, 11) is 0. The predicted octanol–water partition coefficient (Wildman–Crippen LogP) is -0.900. The molecule has 1 saturated heterocycles. The second-order valence-corrected chi connectivity index (χ2v) is 4.66. The summed E-state index contributed by atoms with van der Waals surface area (Å²) in [6.07, 6.45) is -1.01. The van der Waals surface area contributed by atoms with E-state index in [2.05, 4.69) is 15.0 Å². The Hall–Kier alpha value is -1.39. The summed E-state index contributed by atoms with van der Waals surface area (Å²) in [6, 6.07) is 0. The zero-order valence-electron chi connectivity index (χ0n) is 9.67. The predicted molar refractivity (Wildman–Crippen MR) is 65.7 cm³/mol. The van der Waals surface area contributed by atoms with Crippen LogP contribution < -0.4 is 0 Å². The van der Waals surface area contributed by atoms with Gasteiger partial charge in [0, 0.05) is 6.20 Å². The van der Waals surface area contributed by atoms with Crippen LogP contribution in [0.1, 0.15) is 6.23 Å². The molecule has 19 heavy (non-hydrogen) atoms.